The zero-order valence-electron chi connectivity index (χ0n) is 7.23. The second-order valence-electron chi connectivity index (χ2n) is 2.88. The lowest BCUT2D eigenvalue weighted by molar-refractivity contribution is 0.102. The van der Waals surface area contributed by atoms with Crippen LogP contribution in [0.25, 0.3) is 0 Å². The van der Waals surface area contributed by atoms with Gasteiger partial charge in [0.05, 0.1) is 5.88 Å². The van der Waals surface area contributed by atoms with Crippen molar-refractivity contribution in [3.63, 3.8) is 0 Å². The maximum atomic E-state index is 11.2. The third-order valence-electron chi connectivity index (χ3n) is 1.80. The lowest BCUT2D eigenvalue weighted by atomic mass is 10.0. The van der Waals surface area contributed by atoms with Crippen molar-refractivity contribution < 1.29 is 4.79 Å². The fourth-order valence-corrected chi connectivity index (χ4v) is 1.34. The van der Waals surface area contributed by atoms with Gasteiger partial charge in [0, 0.05) is 5.56 Å². The molecule has 1 nitrogen and oxygen atoms in total. The largest absolute Gasteiger partial charge is 0.293 e. The third-order valence-corrected chi connectivity index (χ3v) is 2.05. The fourth-order valence-electron chi connectivity index (χ4n) is 1.20. The molecule has 0 aliphatic rings. The van der Waals surface area contributed by atoms with Gasteiger partial charge in [-0.05, 0) is 19.4 Å². The summed E-state index contributed by atoms with van der Waals surface area (Å²) in [5.41, 5.74) is 2.90. The zero-order valence-corrected chi connectivity index (χ0v) is 7.98. The van der Waals surface area contributed by atoms with Gasteiger partial charge in [0.25, 0.3) is 0 Å². The van der Waals surface area contributed by atoms with Crippen LogP contribution in [-0.2, 0) is 0 Å². The van der Waals surface area contributed by atoms with E-state index in [2.05, 4.69) is 0 Å². The minimum absolute atomic E-state index is 0.00540. The summed E-state index contributed by atoms with van der Waals surface area (Å²) < 4.78 is 0. The molecule has 1 aromatic carbocycles. The van der Waals surface area contributed by atoms with Gasteiger partial charge in [0.2, 0.25) is 0 Å². The predicted octanol–water partition coefficient (Wildman–Crippen LogP) is 2.72. The average molecular weight is 183 g/mol. The smallest absolute Gasteiger partial charge is 0.177 e. The van der Waals surface area contributed by atoms with E-state index >= 15 is 0 Å². The Kier molecular flexibility index (Phi) is 2.88. The molecule has 0 bridgehead atoms. The van der Waals surface area contributed by atoms with Crippen LogP contribution in [0.4, 0.5) is 0 Å². The van der Waals surface area contributed by atoms with Crippen molar-refractivity contribution in [1.29, 1.82) is 0 Å². The van der Waals surface area contributed by atoms with Gasteiger partial charge in [-0.15, -0.1) is 11.6 Å². The third kappa shape index (κ3) is 1.86. The number of hydrogen-bond acceptors (Lipinski definition) is 1. The van der Waals surface area contributed by atoms with Gasteiger partial charge in [0.15, 0.2) is 5.78 Å². The van der Waals surface area contributed by atoms with E-state index in [0.29, 0.717) is 0 Å². The molecule has 0 N–H and O–H groups in total. The van der Waals surface area contributed by atoms with Gasteiger partial charge >= 0.3 is 0 Å². The summed E-state index contributed by atoms with van der Waals surface area (Å²) in [4.78, 5) is 11.2. The maximum absolute atomic E-state index is 11.2. The first-order chi connectivity index (χ1) is 5.65. The molecule has 0 amide bonds. The first-order valence-corrected chi connectivity index (χ1v) is 4.35. The fraction of sp³-hybridized carbons (Fsp3) is 0.300. The molecule has 0 aliphatic carbocycles. The molecule has 1 aromatic rings. The van der Waals surface area contributed by atoms with E-state index in [1.165, 1.54) is 5.56 Å². The summed E-state index contributed by atoms with van der Waals surface area (Å²) in [6.45, 7) is 3.93. The van der Waals surface area contributed by atoms with Crippen LogP contribution >= 0.6 is 11.6 Å². The molecule has 0 aromatic heterocycles. The Hall–Kier alpha value is -0.820. The molecular formula is C10H11ClO. The topological polar surface area (TPSA) is 17.1 Å². The van der Waals surface area contributed by atoms with E-state index in [0.717, 1.165) is 11.1 Å². The van der Waals surface area contributed by atoms with Gasteiger partial charge in [0.1, 0.15) is 0 Å². The molecule has 12 heavy (non-hydrogen) atoms. The summed E-state index contributed by atoms with van der Waals surface area (Å²) in [5, 5.41) is 0. The molecule has 0 atom stereocenters. The minimum Gasteiger partial charge on any atom is -0.293 e. The Bertz CT molecular complexity index is 305. The summed E-state index contributed by atoms with van der Waals surface area (Å²) in [6.07, 6.45) is 0. The first kappa shape index (κ1) is 9.27. The van der Waals surface area contributed by atoms with Gasteiger partial charge in [-0.2, -0.15) is 0 Å². The molecule has 64 valence electrons. The molecule has 0 unspecified atom stereocenters. The number of aryl methyl sites for hydroxylation is 2. The van der Waals surface area contributed by atoms with E-state index < -0.39 is 0 Å². The Morgan fingerprint density at radius 3 is 2.58 bits per heavy atom. The molecule has 0 heterocycles. The maximum Gasteiger partial charge on any atom is 0.177 e. The molecular weight excluding hydrogens is 172 g/mol. The average Bonchev–Trinajstić information content (AvgIpc) is 2.03. The summed E-state index contributed by atoms with van der Waals surface area (Å²) in [6, 6.07) is 5.74. The first-order valence-electron chi connectivity index (χ1n) is 3.81. The number of benzene rings is 1. The number of carbonyl (C=O) groups excluding carboxylic acids is 1. The number of alkyl halides is 1. The van der Waals surface area contributed by atoms with Crippen molar-refractivity contribution in [2.24, 2.45) is 0 Å². The summed E-state index contributed by atoms with van der Waals surface area (Å²) >= 11 is 5.45. The van der Waals surface area contributed by atoms with Crippen LogP contribution in [0, 0.1) is 13.8 Å². The number of hydrogen-bond donors (Lipinski definition) is 0. The minimum atomic E-state index is -0.00540. The lowest BCUT2D eigenvalue weighted by Gasteiger charge is -2.02. The van der Waals surface area contributed by atoms with Crippen molar-refractivity contribution in [2.45, 2.75) is 13.8 Å². The van der Waals surface area contributed by atoms with Crippen molar-refractivity contribution in [2.75, 3.05) is 5.88 Å². The van der Waals surface area contributed by atoms with Crippen LogP contribution in [0.15, 0.2) is 18.2 Å². The van der Waals surface area contributed by atoms with Crippen molar-refractivity contribution in [3.05, 3.63) is 34.9 Å². The molecule has 0 fully saturated rings. The van der Waals surface area contributed by atoms with E-state index in [-0.39, 0.29) is 11.7 Å². The molecule has 2 heteroatoms. The molecule has 0 saturated carbocycles. The number of rotatable bonds is 2. The van der Waals surface area contributed by atoms with Gasteiger partial charge in [-0.25, -0.2) is 0 Å². The van der Waals surface area contributed by atoms with E-state index in [1.54, 1.807) is 0 Å². The zero-order chi connectivity index (χ0) is 9.14. The highest BCUT2D eigenvalue weighted by Crippen LogP contribution is 2.11. The Morgan fingerprint density at radius 1 is 1.42 bits per heavy atom. The van der Waals surface area contributed by atoms with Crippen LogP contribution in [-0.4, -0.2) is 11.7 Å². The SMILES string of the molecule is Cc1ccc(C(=O)CCl)c(C)c1. The molecule has 0 spiro atoms. The number of ketones is 1. The standard InChI is InChI=1S/C10H11ClO/c1-7-3-4-9(8(2)5-7)10(12)6-11/h3-5H,6H2,1-2H3. The number of carbonyl (C=O) groups is 1. The van der Waals surface area contributed by atoms with Crippen molar-refractivity contribution in [1.82, 2.24) is 0 Å². The second kappa shape index (κ2) is 3.72. The van der Waals surface area contributed by atoms with Crippen LogP contribution in [0.1, 0.15) is 21.5 Å². The van der Waals surface area contributed by atoms with Gasteiger partial charge in [-0.3, -0.25) is 4.79 Å². The predicted molar refractivity (Wildman–Crippen MR) is 51.0 cm³/mol. The van der Waals surface area contributed by atoms with Gasteiger partial charge < -0.3 is 0 Å². The Labute approximate surface area is 77.4 Å². The van der Waals surface area contributed by atoms with Crippen molar-refractivity contribution >= 4 is 17.4 Å². The van der Waals surface area contributed by atoms with E-state index in [4.69, 9.17) is 11.6 Å². The number of halogens is 1. The Morgan fingerprint density at radius 2 is 2.08 bits per heavy atom. The summed E-state index contributed by atoms with van der Waals surface area (Å²) in [5.74, 6) is 0.0540. The van der Waals surface area contributed by atoms with E-state index in [1.807, 2.05) is 32.0 Å². The molecule has 0 aliphatic heterocycles. The van der Waals surface area contributed by atoms with Crippen molar-refractivity contribution in [3.8, 4) is 0 Å². The highest BCUT2D eigenvalue weighted by molar-refractivity contribution is 6.30. The van der Waals surface area contributed by atoms with Crippen LogP contribution in [0.3, 0.4) is 0 Å². The molecule has 0 saturated heterocycles. The quantitative estimate of drug-likeness (QED) is 0.508. The lowest BCUT2D eigenvalue weighted by Crippen LogP contribution is -2.02. The summed E-state index contributed by atoms with van der Waals surface area (Å²) in [7, 11) is 0. The normalized spacial score (nSPS) is 9.92. The molecule has 1 rings (SSSR count). The second-order valence-corrected chi connectivity index (χ2v) is 3.14. The van der Waals surface area contributed by atoms with E-state index in [9.17, 15) is 4.79 Å². The Balaban J connectivity index is 3.09. The monoisotopic (exact) mass is 182 g/mol. The molecule has 0 radical (unpaired) electrons. The highest BCUT2D eigenvalue weighted by atomic mass is 35.5. The number of Topliss-reactive ketones (excluding diaryl/α,β-unsaturated/α-hetero) is 1. The van der Waals surface area contributed by atoms with Crippen LogP contribution in [0.2, 0.25) is 0 Å². The highest BCUT2D eigenvalue weighted by Gasteiger charge is 2.06. The van der Waals surface area contributed by atoms with Crippen LogP contribution < -0.4 is 0 Å². The van der Waals surface area contributed by atoms with Gasteiger partial charge in [-0.1, -0.05) is 23.8 Å². The van der Waals surface area contributed by atoms with Crippen LogP contribution in [0.5, 0.6) is 0 Å².